The number of nitrogens with one attached hydrogen (secondary N) is 1. The smallest absolute Gasteiger partial charge is 0.311 e. The Balaban J connectivity index is 1.07. The molecule has 8 atom stereocenters. The molecule has 2 aliphatic carbocycles. The van der Waals surface area contributed by atoms with Crippen molar-refractivity contribution in [1.82, 2.24) is 5.32 Å². The number of phenolic OH excluding ortho intramolecular Hbond substituents is 2. The predicted octanol–water partition coefficient (Wildman–Crippen LogP) is -0.217. The molecule has 1 saturated heterocycles. The van der Waals surface area contributed by atoms with Crippen LogP contribution in [0.2, 0.25) is 0 Å². The quantitative estimate of drug-likeness (QED) is 0.0202. The topological polar surface area (TPSA) is 382 Å². The molecule has 3 unspecified atom stereocenters. The van der Waals surface area contributed by atoms with E-state index >= 15 is 0 Å². The van der Waals surface area contributed by atoms with E-state index in [1.807, 2.05) is 0 Å². The molecule has 2 amide bonds. The highest BCUT2D eigenvalue weighted by Crippen LogP contribution is 2.52. The van der Waals surface area contributed by atoms with Crippen LogP contribution >= 0.6 is 0 Å². The number of ether oxygens (including phenoxy) is 4. The summed E-state index contributed by atoms with van der Waals surface area (Å²) in [5.41, 5.74) is 5.62. The summed E-state index contributed by atoms with van der Waals surface area (Å²) in [4.78, 5) is 90.6. The summed E-state index contributed by atoms with van der Waals surface area (Å²) in [7, 11) is 1.27. The van der Waals surface area contributed by atoms with Crippen molar-refractivity contribution in [1.29, 1.82) is 0 Å². The SMILES string of the molecule is COc1cccc2c1C(=O)c1c(O)c3c(c(O)c1C2=O)C[C@@](O)(C(=O)CO)C[C@H]3OC1C[C@H](NC(=O)CCC(=O)CCC(O)C(O)CCC(=O)Oc2ccc(N)c(O)c2C(N)=O)[C@H](O)[C@H](C)O1. The van der Waals surface area contributed by atoms with Crippen LogP contribution in [0, 0.1) is 0 Å². The van der Waals surface area contributed by atoms with Gasteiger partial charge in [-0.15, -0.1) is 0 Å². The fourth-order valence-corrected chi connectivity index (χ4v) is 8.56. The Hall–Kier alpha value is -6.53. The first-order valence-electron chi connectivity index (χ1n) is 21.1. The molecule has 0 saturated carbocycles. The number of aliphatic hydroxyl groups excluding tert-OH is 4. The van der Waals surface area contributed by atoms with Gasteiger partial charge >= 0.3 is 5.97 Å². The maximum absolute atomic E-state index is 14.0. The molecule has 67 heavy (non-hydrogen) atoms. The first-order chi connectivity index (χ1) is 31.6. The first-order valence-corrected chi connectivity index (χ1v) is 21.1. The fourth-order valence-electron chi connectivity index (χ4n) is 8.56. The molecule has 1 heterocycles. The number of anilines is 1. The number of aromatic hydroxyl groups is 3. The van der Waals surface area contributed by atoms with E-state index in [1.165, 1.54) is 38.3 Å². The normalized spacial score (nSPS) is 22.9. The number of nitrogens with two attached hydrogens (primary N) is 2. The number of benzene rings is 3. The Morgan fingerprint density at radius 3 is 2.22 bits per heavy atom. The van der Waals surface area contributed by atoms with Gasteiger partial charge in [0.15, 0.2) is 23.6 Å². The highest BCUT2D eigenvalue weighted by Gasteiger charge is 2.50. The number of primary amides is 1. The molecule has 0 aromatic heterocycles. The van der Waals surface area contributed by atoms with Crippen LogP contribution in [0.15, 0.2) is 30.3 Å². The van der Waals surface area contributed by atoms with Crippen molar-refractivity contribution in [2.45, 2.75) is 113 Å². The standard InChI is InChI=1S/C45H51N3O19/c1-18-38(56)23(48-30(54)12-7-19(50)6-9-24(51)25(52)10-13-31(55)66-27-11-8-22(46)41(59)35(27)44(47)62)14-32(65-18)67-28-16-45(63,29(53)17-49)15-21-34(28)43(61)37-36(40(21)58)39(57)20-4-3-5-26(64-2)33(20)42(37)60/h3-5,8,11,18,23-25,28,32,38,49,51-52,56,58-59,61,63H,6-7,9-10,12-17,46H2,1-2H3,(H2,47,62)(H,48,54)/t18-,23-,24?,25?,28+,32?,38+,45-/m0/s1. The maximum Gasteiger partial charge on any atom is 0.311 e. The third kappa shape index (κ3) is 10.1. The number of amides is 2. The molecular formula is C45H51N3O19. The van der Waals surface area contributed by atoms with Gasteiger partial charge < -0.3 is 76.6 Å². The van der Waals surface area contributed by atoms with Crippen molar-refractivity contribution in [3.63, 3.8) is 0 Å². The van der Waals surface area contributed by atoms with Crippen LogP contribution in [0.5, 0.6) is 28.7 Å². The van der Waals surface area contributed by atoms with Gasteiger partial charge in [-0.2, -0.15) is 0 Å². The summed E-state index contributed by atoms with van der Waals surface area (Å²) >= 11 is 0. The van der Waals surface area contributed by atoms with E-state index in [0.29, 0.717) is 0 Å². The summed E-state index contributed by atoms with van der Waals surface area (Å²) < 4.78 is 22.4. The second kappa shape index (κ2) is 20.1. The lowest BCUT2D eigenvalue weighted by atomic mass is 9.72. The van der Waals surface area contributed by atoms with Gasteiger partial charge in [0.25, 0.3) is 5.91 Å². The van der Waals surface area contributed by atoms with Gasteiger partial charge in [0.2, 0.25) is 11.7 Å². The van der Waals surface area contributed by atoms with Crippen LogP contribution < -0.4 is 26.3 Å². The number of carbonyl (C=O) groups is 7. The van der Waals surface area contributed by atoms with Crippen LogP contribution in [-0.4, -0.2) is 138 Å². The summed E-state index contributed by atoms with van der Waals surface area (Å²) in [5, 5.41) is 89.2. The van der Waals surface area contributed by atoms with E-state index < -0.39 is 149 Å². The Labute approximate surface area is 381 Å². The zero-order valence-corrected chi connectivity index (χ0v) is 36.2. The lowest BCUT2D eigenvalue weighted by Crippen LogP contribution is -2.55. The predicted molar refractivity (Wildman–Crippen MR) is 227 cm³/mol. The number of rotatable bonds is 18. The molecule has 0 spiro atoms. The highest BCUT2D eigenvalue weighted by atomic mass is 16.7. The third-order valence-electron chi connectivity index (χ3n) is 12.2. The number of carbonyl (C=O) groups excluding carboxylic acids is 7. The first kappa shape index (κ1) is 49.9. The molecule has 1 fully saturated rings. The molecule has 3 aromatic rings. The molecule has 22 heteroatoms. The molecule has 0 bridgehead atoms. The van der Waals surface area contributed by atoms with Gasteiger partial charge in [-0.1, -0.05) is 12.1 Å². The van der Waals surface area contributed by atoms with Crippen LogP contribution in [-0.2, 0) is 35.1 Å². The van der Waals surface area contributed by atoms with Gasteiger partial charge in [0.1, 0.15) is 52.7 Å². The molecule has 360 valence electrons. The van der Waals surface area contributed by atoms with E-state index in [-0.39, 0.29) is 78.0 Å². The van der Waals surface area contributed by atoms with Gasteiger partial charge in [-0.25, -0.2) is 0 Å². The number of phenols is 3. The van der Waals surface area contributed by atoms with E-state index in [9.17, 15) is 74.4 Å². The van der Waals surface area contributed by atoms with E-state index in [1.54, 1.807) is 0 Å². The Kier molecular flexibility index (Phi) is 15.0. The highest BCUT2D eigenvalue weighted by molar-refractivity contribution is 6.31. The number of aliphatic hydroxyl groups is 5. The maximum atomic E-state index is 14.0. The Morgan fingerprint density at radius 1 is 0.896 bits per heavy atom. The lowest BCUT2D eigenvalue weighted by Gasteiger charge is -2.43. The van der Waals surface area contributed by atoms with Gasteiger partial charge in [-0.05, 0) is 38.0 Å². The summed E-state index contributed by atoms with van der Waals surface area (Å²) in [6.07, 6.45) is -11.8. The molecule has 6 rings (SSSR count). The summed E-state index contributed by atoms with van der Waals surface area (Å²) in [6, 6.07) is 5.45. The minimum Gasteiger partial charge on any atom is -0.507 e. The molecule has 3 aliphatic rings. The van der Waals surface area contributed by atoms with E-state index in [0.717, 1.165) is 6.07 Å². The second-order valence-electron chi connectivity index (χ2n) is 16.6. The van der Waals surface area contributed by atoms with Crippen molar-refractivity contribution >= 4 is 46.6 Å². The third-order valence-corrected chi connectivity index (χ3v) is 12.2. The van der Waals surface area contributed by atoms with Crippen molar-refractivity contribution < 1.29 is 93.4 Å². The average Bonchev–Trinajstić information content (AvgIpc) is 3.28. The van der Waals surface area contributed by atoms with Crippen molar-refractivity contribution in [2.24, 2.45) is 5.73 Å². The summed E-state index contributed by atoms with van der Waals surface area (Å²) in [6.45, 7) is 0.316. The molecule has 22 nitrogen and oxygen atoms in total. The largest absolute Gasteiger partial charge is 0.507 e. The number of ketones is 4. The van der Waals surface area contributed by atoms with E-state index in [4.69, 9.17) is 30.4 Å². The number of hydrogen-bond donors (Lipinski definition) is 11. The van der Waals surface area contributed by atoms with Crippen LogP contribution in [0.3, 0.4) is 0 Å². The Bertz CT molecular complexity index is 2510. The zero-order valence-electron chi connectivity index (χ0n) is 36.2. The monoisotopic (exact) mass is 937 g/mol. The molecule has 1 aliphatic heterocycles. The Morgan fingerprint density at radius 2 is 1.57 bits per heavy atom. The van der Waals surface area contributed by atoms with Crippen molar-refractivity contribution in [2.75, 3.05) is 19.5 Å². The fraction of sp³-hybridized carbons (Fsp3) is 0.444. The van der Waals surface area contributed by atoms with Crippen molar-refractivity contribution in [3.8, 4) is 28.7 Å². The number of hydrogen-bond acceptors (Lipinski definition) is 20. The van der Waals surface area contributed by atoms with Crippen LogP contribution in [0.25, 0.3) is 0 Å². The summed E-state index contributed by atoms with van der Waals surface area (Å²) in [5.74, 6) is -8.66. The molecular weight excluding hydrogens is 886 g/mol. The van der Waals surface area contributed by atoms with Gasteiger partial charge in [0.05, 0.1) is 59.9 Å². The van der Waals surface area contributed by atoms with E-state index in [2.05, 4.69) is 5.32 Å². The number of esters is 1. The molecule has 0 radical (unpaired) electrons. The van der Waals surface area contributed by atoms with Crippen LogP contribution in [0.1, 0.15) is 118 Å². The van der Waals surface area contributed by atoms with Crippen LogP contribution in [0.4, 0.5) is 5.69 Å². The van der Waals surface area contributed by atoms with Crippen molar-refractivity contribution in [3.05, 3.63) is 69.3 Å². The minimum absolute atomic E-state index is 0.0159. The number of Topliss-reactive ketones (excluding diaryl/α,β-unsaturated/α-hetero) is 2. The molecule has 13 N–H and O–H groups in total. The average molecular weight is 938 g/mol. The number of fused-ring (bicyclic) bond motifs is 3. The van der Waals surface area contributed by atoms with Gasteiger partial charge in [-0.3, -0.25) is 33.6 Å². The number of nitrogen functional groups attached to an aromatic ring is 1. The lowest BCUT2D eigenvalue weighted by molar-refractivity contribution is -0.249. The minimum atomic E-state index is -2.42. The molecule has 3 aromatic carbocycles. The van der Waals surface area contributed by atoms with Gasteiger partial charge in [0, 0.05) is 61.6 Å². The second-order valence-corrected chi connectivity index (χ2v) is 16.6. The number of methoxy groups -OCH3 is 1. The zero-order chi connectivity index (χ0) is 49.2.